The van der Waals surface area contributed by atoms with E-state index in [1.807, 2.05) is 30.7 Å². The molecule has 6 amide bonds. The van der Waals surface area contributed by atoms with Crippen molar-refractivity contribution in [3.63, 3.8) is 0 Å². The van der Waals surface area contributed by atoms with Gasteiger partial charge in [-0.2, -0.15) is 12.6 Å². The Bertz CT molecular complexity index is 1340. The number of hydrogen-bond donors (Lipinski definition) is 10. The van der Waals surface area contributed by atoms with Gasteiger partial charge < -0.3 is 67.3 Å². The van der Waals surface area contributed by atoms with Gasteiger partial charge in [0.2, 0.25) is 35.4 Å². The molecular formula is C38H71N9O10S4. The maximum absolute atomic E-state index is 11.6. The van der Waals surface area contributed by atoms with Crippen molar-refractivity contribution in [2.24, 2.45) is 11.5 Å². The van der Waals surface area contributed by atoms with Gasteiger partial charge in [-0.15, -0.1) is 0 Å². The van der Waals surface area contributed by atoms with Crippen molar-refractivity contribution >= 4 is 81.9 Å². The number of unbranched alkanes of at least 4 members (excludes halogenated alkanes) is 2. The molecule has 1 aromatic rings. The zero-order valence-electron chi connectivity index (χ0n) is 35.9. The number of nitrogens with one attached hydrogen (secondary N) is 7. The fourth-order valence-corrected chi connectivity index (χ4v) is 6.07. The second kappa shape index (κ2) is 45.0. The lowest BCUT2D eigenvalue weighted by molar-refractivity contribution is -0.127. The first-order chi connectivity index (χ1) is 29.4. The molecule has 61 heavy (non-hydrogen) atoms. The zero-order chi connectivity index (χ0) is 45.8. The predicted octanol–water partition coefficient (Wildman–Crippen LogP) is 0.457. The summed E-state index contributed by atoms with van der Waals surface area (Å²) in [5, 5.41) is 16.7. The van der Waals surface area contributed by atoms with Crippen molar-refractivity contribution in [2.75, 3.05) is 111 Å². The standard InChI is InChI=1S/C17H34N4O5S2.C16H32N4O5S.C5H5NS/c1-19-14(17(18)24)5-3-4-7-20-16(23)13-26-11-10-25-9-8-21-15(22)6-12-28-27-2;1-18-13(16(17)23)4-2-3-6-19-15(22)12-25-10-9-24-8-7-20-14(21)5-11-26;7-5-3-1-2-4-6-5/h14,19H,3-13H2,1-2H3,(H2,18,24)(H,20,23)(H,21,22);13,18,26H,2-12H2,1H3,(H2,17,23)(H,19,22)(H,20,21);1-4H,(H,6,7). The molecule has 23 heteroatoms. The van der Waals surface area contributed by atoms with E-state index in [1.54, 1.807) is 35.7 Å². The number of H-pyrrole nitrogens is 1. The molecule has 0 aromatic carbocycles. The topological polar surface area (TPSA) is 279 Å². The van der Waals surface area contributed by atoms with Crippen LogP contribution < -0.4 is 43.4 Å². The van der Waals surface area contributed by atoms with Crippen molar-refractivity contribution < 1.29 is 47.7 Å². The third kappa shape index (κ3) is 43.4. The number of amides is 6. The Morgan fingerprint density at radius 1 is 0.672 bits per heavy atom. The van der Waals surface area contributed by atoms with Gasteiger partial charge >= 0.3 is 0 Å². The third-order valence-electron chi connectivity index (χ3n) is 7.76. The van der Waals surface area contributed by atoms with Gasteiger partial charge in [0.15, 0.2) is 0 Å². The fraction of sp³-hybridized carbons (Fsp3) is 0.711. The predicted molar refractivity (Wildman–Crippen MR) is 248 cm³/mol. The number of primary amides is 2. The van der Waals surface area contributed by atoms with E-state index in [1.165, 1.54) is 0 Å². The van der Waals surface area contributed by atoms with Gasteiger partial charge in [-0.3, -0.25) is 28.8 Å². The molecular weight excluding hydrogens is 871 g/mol. The minimum absolute atomic E-state index is 0.0202. The van der Waals surface area contributed by atoms with Crippen LogP contribution in [0, 0.1) is 4.64 Å². The Morgan fingerprint density at radius 3 is 1.51 bits per heavy atom. The van der Waals surface area contributed by atoms with E-state index in [4.69, 9.17) is 42.6 Å². The largest absolute Gasteiger partial charge is 0.377 e. The van der Waals surface area contributed by atoms with Gasteiger partial charge in [-0.05, 0) is 76.8 Å². The van der Waals surface area contributed by atoms with Crippen molar-refractivity contribution in [1.82, 2.24) is 36.9 Å². The molecule has 0 aliphatic heterocycles. The quantitative estimate of drug-likeness (QED) is 0.0189. The fourth-order valence-electron chi connectivity index (χ4n) is 4.53. The second-order valence-electron chi connectivity index (χ2n) is 12.6. The zero-order valence-corrected chi connectivity index (χ0v) is 39.3. The molecule has 0 radical (unpaired) electrons. The van der Waals surface area contributed by atoms with E-state index < -0.39 is 0 Å². The van der Waals surface area contributed by atoms with E-state index in [9.17, 15) is 28.8 Å². The maximum Gasteiger partial charge on any atom is 0.245 e. The number of nitrogens with two attached hydrogens (primary N) is 2. The summed E-state index contributed by atoms with van der Waals surface area (Å²) in [6.07, 6.45) is 9.08. The Kier molecular flexibility index (Phi) is 44.4. The molecule has 2 unspecified atom stereocenters. The number of aromatic amines is 1. The van der Waals surface area contributed by atoms with Crippen LogP contribution in [0.4, 0.5) is 0 Å². The average Bonchev–Trinajstić information content (AvgIpc) is 3.23. The minimum Gasteiger partial charge on any atom is -0.377 e. The van der Waals surface area contributed by atoms with Crippen LogP contribution in [0.2, 0.25) is 0 Å². The van der Waals surface area contributed by atoms with Gasteiger partial charge in [-0.25, -0.2) is 0 Å². The molecule has 1 rings (SSSR count). The number of rotatable bonds is 36. The molecule has 11 N–H and O–H groups in total. The number of hydrogen-bond acceptors (Lipinski definition) is 16. The van der Waals surface area contributed by atoms with Crippen molar-refractivity contribution in [2.45, 2.75) is 63.5 Å². The summed E-state index contributed by atoms with van der Waals surface area (Å²) >= 11 is 8.73. The molecule has 0 saturated heterocycles. The van der Waals surface area contributed by atoms with Crippen LogP contribution in [-0.4, -0.2) is 163 Å². The number of aromatic nitrogens is 1. The Balaban J connectivity index is 0. The molecule has 1 heterocycles. The second-order valence-corrected chi connectivity index (χ2v) is 16.2. The molecule has 0 spiro atoms. The first kappa shape index (κ1) is 60.1. The van der Waals surface area contributed by atoms with Crippen LogP contribution in [0.1, 0.15) is 51.4 Å². The number of carbonyl (C=O) groups is 6. The molecule has 19 nitrogen and oxygen atoms in total. The minimum atomic E-state index is -0.368. The maximum atomic E-state index is 11.6. The lowest BCUT2D eigenvalue weighted by Crippen LogP contribution is -2.39. The van der Waals surface area contributed by atoms with E-state index in [2.05, 4.69) is 49.5 Å². The SMILES string of the molecule is CNC(CCCCNC(=O)COCCOCCNC(=O)CCS)C(N)=O.CNC(CCCCNC(=O)COCCOCCNC(=O)CCSSC)C(N)=O.S=c1cccc[nH]1. The monoisotopic (exact) mass is 941 g/mol. The summed E-state index contributed by atoms with van der Waals surface area (Å²) in [6.45, 7) is 4.07. The lowest BCUT2D eigenvalue weighted by Gasteiger charge is -2.12. The molecule has 0 saturated carbocycles. The number of pyridine rings is 1. The molecule has 0 aliphatic rings. The van der Waals surface area contributed by atoms with Gasteiger partial charge in [0.05, 0.1) is 51.7 Å². The number of ether oxygens (including phenoxy) is 4. The highest BCUT2D eigenvalue weighted by molar-refractivity contribution is 8.76. The smallest absolute Gasteiger partial charge is 0.245 e. The molecule has 2 atom stereocenters. The van der Waals surface area contributed by atoms with Crippen molar-refractivity contribution in [1.29, 1.82) is 0 Å². The van der Waals surface area contributed by atoms with Crippen LogP contribution in [-0.2, 0) is 47.7 Å². The van der Waals surface area contributed by atoms with E-state index in [-0.39, 0.29) is 60.7 Å². The van der Waals surface area contributed by atoms with Crippen LogP contribution in [0.3, 0.4) is 0 Å². The highest BCUT2D eigenvalue weighted by atomic mass is 33.1. The van der Waals surface area contributed by atoms with E-state index >= 15 is 0 Å². The summed E-state index contributed by atoms with van der Waals surface area (Å²) in [4.78, 5) is 70.7. The normalized spacial score (nSPS) is 11.4. The number of likely N-dealkylation sites (N-methyl/N-ethyl adjacent to an activating group) is 2. The van der Waals surface area contributed by atoms with Gasteiger partial charge in [0.1, 0.15) is 17.9 Å². The molecule has 0 aliphatic carbocycles. The Hall–Kier alpha value is -3.00. The Morgan fingerprint density at radius 2 is 1.13 bits per heavy atom. The lowest BCUT2D eigenvalue weighted by atomic mass is 10.1. The van der Waals surface area contributed by atoms with Gasteiger partial charge in [0.25, 0.3) is 0 Å². The van der Waals surface area contributed by atoms with E-state index in [0.29, 0.717) is 97.3 Å². The van der Waals surface area contributed by atoms with Gasteiger partial charge in [-0.1, -0.05) is 39.9 Å². The van der Waals surface area contributed by atoms with Crippen molar-refractivity contribution in [3.8, 4) is 0 Å². The Labute approximate surface area is 379 Å². The van der Waals surface area contributed by atoms with E-state index in [0.717, 1.165) is 36.1 Å². The molecule has 0 fully saturated rings. The summed E-state index contributed by atoms with van der Waals surface area (Å²) < 4.78 is 21.8. The molecule has 0 bridgehead atoms. The number of thiol groups is 1. The van der Waals surface area contributed by atoms with Crippen LogP contribution in [0.15, 0.2) is 24.4 Å². The summed E-state index contributed by atoms with van der Waals surface area (Å²) in [5.41, 5.74) is 10.5. The molecule has 352 valence electrons. The summed E-state index contributed by atoms with van der Waals surface area (Å²) in [5.74, 6) is 0.184. The van der Waals surface area contributed by atoms with Gasteiger partial charge in [0, 0.05) is 51.0 Å². The van der Waals surface area contributed by atoms with Crippen LogP contribution in [0.5, 0.6) is 0 Å². The highest BCUT2D eigenvalue weighted by Gasteiger charge is 2.12. The first-order valence-corrected chi connectivity index (χ1v) is 23.9. The third-order valence-corrected chi connectivity index (χ3v) is 10.1. The number of carbonyl (C=O) groups excluding carboxylic acids is 6. The first-order valence-electron chi connectivity index (χ1n) is 20.1. The highest BCUT2D eigenvalue weighted by Crippen LogP contribution is 2.17. The summed E-state index contributed by atoms with van der Waals surface area (Å²) in [6, 6.07) is 4.99. The average molecular weight is 942 g/mol. The summed E-state index contributed by atoms with van der Waals surface area (Å²) in [7, 11) is 6.69. The van der Waals surface area contributed by atoms with Crippen molar-refractivity contribution in [3.05, 3.63) is 29.0 Å². The van der Waals surface area contributed by atoms with Crippen LogP contribution >= 0.6 is 46.4 Å². The molecule has 1 aromatic heterocycles. The van der Waals surface area contributed by atoms with Crippen LogP contribution in [0.25, 0.3) is 0 Å².